The van der Waals surface area contributed by atoms with Crippen LogP contribution in [-0.4, -0.2) is 35.6 Å². The molecule has 6 nitrogen and oxygen atoms in total. The van der Waals surface area contributed by atoms with Gasteiger partial charge in [0, 0.05) is 12.8 Å². The Bertz CT molecular complexity index is 793. The van der Waals surface area contributed by atoms with Crippen LogP contribution in [0.2, 0.25) is 0 Å². The van der Waals surface area contributed by atoms with Crippen molar-refractivity contribution in [1.29, 1.82) is 0 Å². The second-order valence-corrected chi connectivity index (χ2v) is 13.9. The van der Waals surface area contributed by atoms with Crippen LogP contribution in [0.3, 0.4) is 0 Å². The van der Waals surface area contributed by atoms with Crippen LogP contribution >= 0.6 is 0 Å². The van der Waals surface area contributed by atoms with E-state index in [2.05, 4.69) is 37.4 Å². The highest BCUT2D eigenvalue weighted by molar-refractivity contribution is 5.80. The molecular weight excluding hydrogens is 598 g/mol. The number of rotatable bonds is 37. The molecular formula is C42H77NO5. The zero-order valence-electron chi connectivity index (χ0n) is 31.6. The molecule has 0 aliphatic heterocycles. The van der Waals surface area contributed by atoms with Gasteiger partial charge in [0.25, 0.3) is 0 Å². The van der Waals surface area contributed by atoms with Crippen molar-refractivity contribution < 1.29 is 24.2 Å². The molecule has 0 fully saturated rings. The maximum atomic E-state index is 12.6. The monoisotopic (exact) mass is 676 g/mol. The number of carboxylic acid groups (broad SMARTS) is 1. The first-order valence-electron chi connectivity index (χ1n) is 20.5. The number of hydrogen-bond acceptors (Lipinski definition) is 4. The van der Waals surface area contributed by atoms with Crippen LogP contribution in [0.5, 0.6) is 0 Å². The molecule has 1 unspecified atom stereocenters. The number of carboxylic acids is 1. The highest BCUT2D eigenvalue weighted by Crippen LogP contribution is 2.16. The standard InChI is InChI=1S/C42H77NO5/c1-3-5-7-9-11-13-14-15-16-17-18-19-20-21-23-25-27-33-37-42(47)48-39(34-30-26-24-22-12-10-8-6-4-2)35-31-28-29-32-36-40(44)43-38-41(45)46/h22,24,30,34,39H,3-21,23,25-29,31-33,35-38H2,1-2H3,(H,43,44)(H,45,46)/b24-22-,34-30-. The Morgan fingerprint density at radius 1 is 0.562 bits per heavy atom. The summed E-state index contributed by atoms with van der Waals surface area (Å²) in [5, 5.41) is 11.1. The lowest BCUT2D eigenvalue weighted by Crippen LogP contribution is -2.28. The normalized spacial score (nSPS) is 12.2. The third-order valence-corrected chi connectivity index (χ3v) is 9.11. The number of unbranched alkanes of at least 4 members (excludes halogenated alkanes) is 24. The van der Waals surface area contributed by atoms with Gasteiger partial charge >= 0.3 is 11.9 Å². The number of carbonyl (C=O) groups excluding carboxylic acids is 2. The average molecular weight is 676 g/mol. The smallest absolute Gasteiger partial charge is 0.322 e. The first-order valence-corrected chi connectivity index (χ1v) is 20.5. The van der Waals surface area contributed by atoms with E-state index in [9.17, 15) is 14.4 Å². The van der Waals surface area contributed by atoms with Gasteiger partial charge in [0.05, 0.1) is 0 Å². The fourth-order valence-corrected chi connectivity index (χ4v) is 6.05. The third kappa shape index (κ3) is 36.7. The maximum absolute atomic E-state index is 12.6. The van der Waals surface area contributed by atoms with Gasteiger partial charge in [-0.3, -0.25) is 14.4 Å². The van der Waals surface area contributed by atoms with Crippen molar-refractivity contribution in [2.45, 2.75) is 219 Å². The van der Waals surface area contributed by atoms with E-state index in [-0.39, 0.29) is 24.5 Å². The first-order chi connectivity index (χ1) is 23.5. The number of nitrogens with one attached hydrogen (secondary N) is 1. The SMILES string of the molecule is CCCCCC/C=C\C/C=C\C(CCCCCCC(=O)NCC(=O)O)OC(=O)CCCCCCCCCCCCCCCCCCCC. The molecule has 1 atom stereocenters. The van der Waals surface area contributed by atoms with Gasteiger partial charge in [0.1, 0.15) is 12.6 Å². The van der Waals surface area contributed by atoms with Crippen molar-refractivity contribution in [1.82, 2.24) is 5.32 Å². The minimum absolute atomic E-state index is 0.0947. The largest absolute Gasteiger partial charge is 0.480 e. The minimum atomic E-state index is -1.03. The molecule has 0 saturated heterocycles. The Labute approximate surface area is 296 Å². The Kier molecular flexibility index (Phi) is 36.0. The number of esters is 1. The zero-order valence-corrected chi connectivity index (χ0v) is 31.6. The molecule has 1 amide bonds. The van der Waals surface area contributed by atoms with Gasteiger partial charge in [-0.2, -0.15) is 0 Å². The Morgan fingerprint density at radius 2 is 1.02 bits per heavy atom. The molecule has 280 valence electrons. The van der Waals surface area contributed by atoms with E-state index in [1.165, 1.54) is 128 Å². The minimum Gasteiger partial charge on any atom is -0.480 e. The van der Waals surface area contributed by atoms with Crippen LogP contribution in [0, 0.1) is 0 Å². The number of carbonyl (C=O) groups is 3. The summed E-state index contributed by atoms with van der Waals surface area (Å²) in [6.07, 6.45) is 44.6. The second-order valence-electron chi connectivity index (χ2n) is 13.9. The fourth-order valence-electron chi connectivity index (χ4n) is 6.05. The predicted octanol–water partition coefficient (Wildman–Crippen LogP) is 12.3. The van der Waals surface area contributed by atoms with Crippen molar-refractivity contribution in [3.8, 4) is 0 Å². The van der Waals surface area contributed by atoms with Crippen molar-refractivity contribution >= 4 is 17.8 Å². The summed E-state index contributed by atoms with van der Waals surface area (Å²) in [6.45, 7) is 4.19. The van der Waals surface area contributed by atoms with E-state index in [0.717, 1.165) is 57.8 Å². The predicted molar refractivity (Wildman–Crippen MR) is 203 cm³/mol. The van der Waals surface area contributed by atoms with E-state index < -0.39 is 5.97 Å². The molecule has 0 bridgehead atoms. The average Bonchev–Trinajstić information content (AvgIpc) is 3.07. The van der Waals surface area contributed by atoms with Crippen LogP contribution in [-0.2, 0) is 19.1 Å². The highest BCUT2D eigenvalue weighted by Gasteiger charge is 2.12. The molecule has 0 aromatic rings. The second kappa shape index (κ2) is 37.7. The summed E-state index contributed by atoms with van der Waals surface area (Å²) in [6, 6.07) is 0. The van der Waals surface area contributed by atoms with Gasteiger partial charge < -0.3 is 15.2 Å². The number of ether oxygens (including phenoxy) is 1. The molecule has 0 saturated carbocycles. The Balaban J connectivity index is 4.08. The number of aliphatic carboxylic acids is 1. The van der Waals surface area contributed by atoms with Crippen molar-refractivity contribution in [3.05, 3.63) is 24.3 Å². The van der Waals surface area contributed by atoms with Crippen molar-refractivity contribution in [2.24, 2.45) is 0 Å². The fraction of sp³-hybridized carbons (Fsp3) is 0.833. The van der Waals surface area contributed by atoms with Crippen LogP contribution in [0.25, 0.3) is 0 Å². The Hall–Kier alpha value is -2.11. The summed E-state index contributed by atoms with van der Waals surface area (Å²) >= 11 is 0. The van der Waals surface area contributed by atoms with Crippen LogP contribution < -0.4 is 5.32 Å². The summed E-state index contributed by atoms with van der Waals surface area (Å²) in [4.78, 5) is 34.9. The van der Waals surface area contributed by atoms with Crippen molar-refractivity contribution in [2.75, 3.05) is 6.54 Å². The lowest BCUT2D eigenvalue weighted by atomic mass is 10.0. The number of amides is 1. The van der Waals surface area contributed by atoms with Gasteiger partial charge in [-0.15, -0.1) is 0 Å². The number of hydrogen-bond donors (Lipinski definition) is 2. The molecule has 0 aliphatic rings. The van der Waals surface area contributed by atoms with Gasteiger partial charge in [-0.1, -0.05) is 173 Å². The molecule has 0 heterocycles. The maximum Gasteiger partial charge on any atom is 0.322 e. The zero-order chi connectivity index (χ0) is 35.2. The number of allylic oxidation sites excluding steroid dienone is 3. The van der Waals surface area contributed by atoms with Gasteiger partial charge in [-0.05, 0) is 51.0 Å². The lowest BCUT2D eigenvalue weighted by molar-refractivity contribution is -0.147. The highest BCUT2D eigenvalue weighted by atomic mass is 16.5. The topological polar surface area (TPSA) is 92.7 Å². The van der Waals surface area contributed by atoms with Gasteiger partial charge in [0.15, 0.2) is 0 Å². The molecule has 48 heavy (non-hydrogen) atoms. The first kappa shape index (κ1) is 45.9. The van der Waals surface area contributed by atoms with Gasteiger partial charge in [-0.25, -0.2) is 0 Å². The van der Waals surface area contributed by atoms with E-state index in [0.29, 0.717) is 12.8 Å². The van der Waals surface area contributed by atoms with Crippen LogP contribution in [0.15, 0.2) is 24.3 Å². The molecule has 0 radical (unpaired) electrons. The van der Waals surface area contributed by atoms with E-state index >= 15 is 0 Å². The van der Waals surface area contributed by atoms with E-state index in [1.54, 1.807) is 0 Å². The third-order valence-electron chi connectivity index (χ3n) is 9.11. The van der Waals surface area contributed by atoms with Gasteiger partial charge in [0.2, 0.25) is 5.91 Å². The molecule has 2 N–H and O–H groups in total. The molecule has 0 rings (SSSR count). The summed E-state index contributed by atoms with van der Waals surface area (Å²) in [5.41, 5.74) is 0. The molecule has 0 aliphatic carbocycles. The Morgan fingerprint density at radius 3 is 1.54 bits per heavy atom. The van der Waals surface area contributed by atoms with Crippen LogP contribution in [0.1, 0.15) is 213 Å². The lowest BCUT2D eigenvalue weighted by Gasteiger charge is -2.14. The molecule has 0 spiro atoms. The molecule has 6 heteroatoms. The summed E-state index contributed by atoms with van der Waals surface area (Å²) in [5.74, 6) is -1.34. The quantitative estimate of drug-likeness (QED) is 0.0388. The summed E-state index contributed by atoms with van der Waals surface area (Å²) in [7, 11) is 0. The van der Waals surface area contributed by atoms with Crippen molar-refractivity contribution in [3.63, 3.8) is 0 Å². The molecule has 0 aromatic heterocycles. The van der Waals surface area contributed by atoms with E-state index in [1.807, 2.05) is 6.08 Å². The van der Waals surface area contributed by atoms with E-state index in [4.69, 9.17) is 9.84 Å². The molecule has 0 aromatic carbocycles. The van der Waals surface area contributed by atoms with Crippen LogP contribution in [0.4, 0.5) is 0 Å². The summed E-state index contributed by atoms with van der Waals surface area (Å²) < 4.78 is 5.89.